The molecule has 2 aromatic rings. The second-order valence-electron chi connectivity index (χ2n) is 4.92. The SMILES string of the molecule is O=C(c1ccc(OC(F)F)cc1)[C@@H](Br)[C@@H](Br)c1ccc([N+](=O)[O-])cc1. The van der Waals surface area contributed by atoms with Crippen LogP contribution < -0.4 is 4.74 Å². The van der Waals surface area contributed by atoms with Crippen molar-refractivity contribution in [2.45, 2.75) is 16.3 Å². The molecule has 5 nitrogen and oxygen atoms in total. The van der Waals surface area contributed by atoms with Gasteiger partial charge < -0.3 is 4.74 Å². The molecule has 0 heterocycles. The van der Waals surface area contributed by atoms with Crippen molar-refractivity contribution < 1.29 is 23.2 Å². The number of carbonyl (C=O) groups is 1. The third kappa shape index (κ3) is 5.05. The fourth-order valence-corrected chi connectivity index (χ4v) is 3.16. The van der Waals surface area contributed by atoms with Crippen LogP contribution in [0.25, 0.3) is 0 Å². The van der Waals surface area contributed by atoms with Gasteiger partial charge in [-0.25, -0.2) is 0 Å². The highest BCUT2D eigenvalue weighted by Crippen LogP contribution is 2.34. The molecule has 2 rings (SSSR count). The first kappa shape index (κ1) is 19.5. The van der Waals surface area contributed by atoms with E-state index >= 15 is 0 Å². The zero-order valence-corrected chi connectivity index (χ0v) is 15.6. The summed E-state index contributed by atoms with van der Waals surface area (Å²) in [4.78, 5) is 21.6. The molecule has 0 unspecified atom stereocenters. The van der Waals surface area contributed by atoms with Crippen LogP contribution in [0.5, 0.6) is 5.75 Å². The van der Waals surface area contributed by atoms with Gasteiger partial charge in [0.1, 0.15) is 5.75 Å². The van der Waals surface area contributed by atoms with Crippen LogP contribution in [-0.4, -0.2) is 22.1 Å². The molecule has 0 bridgehead atoms. The second kappa shape index (κ2) is 8.48. The Morgan fingerprint density at radius 3 is 2.08 bits per heavy atom. The lowest BCUT2D eigenvalue weighted by Gasteiger charge is -2.16. The smallest absolute Gasteiger partial charge is 0.387 e. The van der Waals surface area contributed by atoms with Crippen LogP contribution in [0.1, 0.15) is 20.7 Å². The highest BCUT2D eigenvalue weighted by atomic mass is 79.9. The number of rotatable bonds is 7. The molecular formula is C16H11Br2F2NO4. The molecule has 0 radical (unpaired) electrons. The number of hydrogen-bond acceptors (Lipinski definition) is 4. The first-order chi connectivity index (χ1) is 11.8. The summed E-state index contributed by atoms with van der Waals surface area (Å²) >= 11 is 6.70. The second-order valence-corrected chi connectivity index (χ2v) is 6.89. The number of alkyl halides is 4. The Kier molecular flexibility index (Phi) is 6.60. The number of ketones is 1. The van der Waals surface area contributed by atoms with Crippen molar-refractivity contribution in [3.8, 4) is 5.75 Å². The summed E-state index contributed by atoms with van der Waals surface area (Å²) in [6.07, 6.45) is 0. The quantitative estimate of drug-likeness (QED) is 0.235. The summed E-state index contributed by atoms with van der Waals surface area (Å²) in [5.41, 5.74) is 0.948. The van der Waals surface area contributed by atoms with Crippen molar-refractivity contribution >= 4 is 43.3 Å². The largest absolute Gasteiger partial charge is 0.435 e. The number of nitro groups is 1. The number of ether oxygens (including phenoxy) is 1. The summed E-state index contributed by atoms with van der Waals surface area (Å²) in [5, 5.41) is 10.7. The van der Waals surface area contributed by atoms with Gasteiger partial charge in [0.05, 0.1) is 14.6 Å². The number of hydrogen-bond donors (Lipinski definition) is 0. The average molecular weight is 479 g/mol. The molecule has 132 valence electrons. The van der Waals surface area contributed by atoms with E-state index in [4.69, 9.17) is 0 Å². The van der Waals surface area contributed by atoms with Crippen molar-refractivity contribution in [2.24, 2.45) is 0 Å². The van der Waals surface area contributed by atoms with E-state index in [0.717, 1.165) is 0 Å². The lowest BCUT2D eigenvalue weighted by atomic mass is 10.0. The van der Waals surface area contributed by atoms with Gasteiger partial charge in [-0.1, -0.05) is 44.0 Å². The third-order valence-electron chi connectivity index (χ3n) is 3.29. The van der Waals surface area contributed by atoms with Gasteiger partial charge in [-0.2, -0.15) is 8.78 Å². The summed E-state index contributed by atoms with van der Waals surface area (Å²) in [5.74, 6) is -0.313. The Balaban J connectivity index is 2.11. The number of nitro benzene ring substituents is 1. The van der Waals surface area contributed by atoms with E-state index in [1.807, 2.05) is 0 Å². The molecule has 0 aliphatic heterocycles. The topological polar surface area (TPSA) is 69.4 Å². The molecule has 0 aromatic heterocycles. The third-order valence-corrected chi connectivity index (χ3v) is 6.01. The summed E-state index contributed by atoms with van der Waals surface area (Å²) in [6, 6.07) is 11.2. The Hall–Kier alpha value is -1.87. The van der Waals surface area contributed by atoms with Gasteiger partial charge in [0.2, 0.25) is 0 Å². The monoisotopic (exact) mass is 477 g/mol. The van der Waals surface area contributed by atoms with Crippen molar-refractivity contribution in [3.05, 3.63) is 69.8 Å². The minimum atomic E-state index is -2.93. The standard InChI is InChI=1S/C16H11Br2F2NO4/c17-13(9-1-5-11(6-2-9)21(23)24)14(18)15(22)10-3-7-12(8-4-10)25-16(19)20/h1-8,13-14,16H/t13-,14-/m0/s1. The summed E-state index contributed by atoms with van der Waals surface area (Å²) in [6.45, 7) is -2.93. The predicted molar refractivity (Wildman–Crippen MR) is 94.9 cm³/mol. The minimum Gasteiger partial charge on any atom is -0.435 e. The van der Waals surface area contributed by atoms with E-state index in [1.54, 1.807) is 12.1 Å². The lowest BCUT2D eigenvalue weighted by Crippen LogP contribution is -2.19. The van der Waals surface area contributed by atoms with Crippen LogP contribution in [0.2, 0.25) is 0 Å². The predicted octanol–water partition coefficient (Wildman–Crippen LogP) is 5.28. The molecule has 0 fully saturated rings. The van der Waals surface area contributed by atoms with Crippen molar-refractivity contribution in [1.29, 1.82) is 0 Å². The highest BCUT2D eigenvalue weighted by Gasteiger charge is 2.26. The van der Waals surface area contributed by atoms with Crippen LogP contribution in [0.3, 0.4) is 0 Å². The number of carbonyl (C=O) groups excluding carboxylic acids is 1. The molecule has 0 amide bonds. The lowest BCUT2D eigenvalue weighted by molar-refractivity contribution is -0.384. The molecule has 0 saturated heterocycles. The van der Waals surface area contributed by atoms with E-state index in [2.05, 4.69) is 36.6 Å². The molecule has 0 saturated carbocycles. The molecule has 0 N–H and O–H groups in total. The fraction of sp³-hybridized carbons (Fsp3) is 0.188. The Morgan fingerprint density at radius 2 is 1.60 bits per heavy atom. The van der Waals surface area contributed by atoms with E-state index in [-0.39, 0.29) is 17.2 Å². The Bertz CT molecular complexity index is 754. The number of benzene rings is 2. The minimum absolute atomic E-state index is 0.0385. The molecule has 2 atom stereocenters. The van der Waals surface area contributed by atoms with Crippen LogP contribution in [0.15, 0.2) is 48.5 Å². The normalized spacial score (nSPS) is 13.3. The van der Waals surface area contributed by atoms with Crippen molar-refractivity contribution in [2.75, 3.05) is 0 Å². The molecule has 0 aliphatic rings. The van der Waals surface area contributed by atoms with Gasteiger partial charge in [-0.3, -0.25) is 14.9 Å². The number of non-ortho nitro benzene ring substituents is 1. The zero-order valence-electron chi connectivity index (χ0n) is 12.4. The summed E-state index contributed by atoms with van der Waals surface area (Å²) in [7, 11) is 0. The van der Waals surface area contributed by atoms with Gasteiger partial charge in [-0.15, -0.1) is 0 Å². The van der Waals surface area contributed by atoms with E-state index in [0.29, 0.717) is 11.1 Å². The number of Topliss-reactive ketones (excluding diaryl/α,β-unsaturated/α-hetero) is 1. The summed E-state index contributed by atoms with van der Waals surface area (Å²) < 4.78 is 28.5. The van der Waals surface area contributed by atoms with Crippen LogP contribution in [0.4, 0.5) is 14.5 Å². The first-order valence-corrected chi connectivity index (χ1v) is 8.74. The molecule has 2 aromatic carbocycles. The fourth-order valence-electron chi connectivity index (χ4n) is 2.04. The van der Waals surface area contributed by atoms with Crippen LogP contribution in [-0.2, 0) is 0 Å². The van der Waals surface area contributed by atoms with Gasteiger partial charge in [0.25, 0.3) is 5.69 Å². The molecule has 9 heteroatoms. The van der Waals surface area contributed by atoms with Gasteiger partial charge in [-0.05, 0) is 29.8 Å². The van der Waals surface area contributed by atoms with E-state index in [1.165, 1.54) is 36.4 Å². The maximum atomic E-state index is 12.5. The van der Waals surface area contributed by atoms with E-state index in [9.17, 15) is 23.7 Å². The zero-order chi connectivity index (χ0) is 18.6. The Labute approximate surface area is 158 Å². The Morgan fingerprint density at radius 1 is 1.04 bits per heavy atom. The highest BCUT2D eigenvalue weighted by molar-refractivity contribution is 9.12. The first-order valence-electron chi connectivity index (χ1n) is 6.91. The van der Waals surface area contributed by atoms with Gasteiger partial charge in [0.15, 0.2) is 5.78 Å². The van der Waals surface area contributed by atoms with Crippen molar-refractivity contribution in [3.63, 3.8) is 0 Å². The van der Waals surface area contributed by atoms with Gasteiger partial charge in [0, 0.05) is 17.7 Å². The molecule has 0 aliphatic carbocycles. The molecule has 0 spiro atoms. The maximum absolute atomic E-state index is 12.5. The van der Waals surface area contributed by atoms with Crippen LogP contribution in [0, 0.1) is 10.1 Å². The van der Waals surface area contributed by atoms with Gasteiger partial charge >= 0.3 is 6.61 Å². The average Bonchev–Trinajstić information content (AvgIpc) is 2.60. The number of nitrogens with zero attached hydrogens (tertiary/aromatic N) is 1. The molecular weight excluding hydrogens is 468 g/mol. The van der Waals surface area contributed by atoms with Crippen LogP contribution >= 0.6 is 31.9 Å². The number of halogens is 4. The molecule has 25 heavy (non-hydrogen) atoms. The van der Waals surface area contributed by atoms with Crippen molar-refractivity contribution in [1.82, 2.24) is 0 Å². The van der Waals surface area contributed by atoms with E-state index < -0.39 is 21.2 Å². The maximum Gasteiger partial charge on any atom is 0.387 e.